The molecule has 1 unspecified atom stereocenters. The van der Waals surface area contributed by atoms with E-state index in [2.05, 4.69) is 22.4 Å². The van der Waals surface area contributed by atoms with Gasteiger partial charge in [0.2, 0.25) is 5.91 Å². The number of aliphatic hydroxyl groups excluding tert-OH is 1. The van der Waals surface area contributed by atoms with Crippen LogP contribution in [0.25, 0.3) is 10.4 Å². The number of ketones is 1. The van der Waals surface area contributed by atoms with E-state index in [1.165, 1.54) is 0 Å². The lowest BCUT2D eigenvalue weighted by molar-refractivity contribution is -0.136. The van der Waals surface area contributed by atoms with E-state index in [4.69, 9.17) is 0 Å². The second kappa shape index (κ2) is 13.9. The Morgan fingerprint density at radius 2 is 1.57 bits per heavy atom. The van der Waals surface area contributed by atoms with Gasteiger partial charge in [-0.3, -0.25) is 9.59 Å². The van der Waals surface area contributed by atoms with Gasteiger partial charge in [0.1, 0.15) is 5.78 Å². The number of nitrogens with one attached hydrogen (secondary N) is 1. The lowest BCUT2D eigenvalue weighted by atomic mass is 9.74. The standard InChI is InChI=1S/C25H34N2O3S.2C2H6/c1-14(25(4,5)6)22(29)20-11-19(28)12-21(20)24(30)27-15(2)17-7-9-18(10-8-17)23-16(3)26-13-31-23;2*1-2/h7-10,13-15,19-21,28H,11-12H2,1-6H3,(H,27,30);2*1-2H3/t14-,15+,19+,20?,21-;;/m1../s1. The minimum absolute atomic E-state index is 0.0844. The Labute approximate surface area is 216 Å². The Morgan fingerprint density at radius 3 is 2.06 bits per heavy atom. The molecule has 2 N–H and O–H groups in total. The number of carbonyl (C=O) groups is 2. The van der Waals surface area contributed by atoms with Crippen molar-refractivity contribution < 1.29 is 14.7 Å². The van der Waals surface area contributed by atoms with Gasteiger partial charge in [-0.2, -0.15) is 0 Å². The maximum Gasteiger partial charge on any atom is 0.224 e. The van der Waals surface area contributed by atoms with Crippen LogP contribution in [0.3, 0.4) is 0 Å². The van der Waals surface area contributed by atoms with Gasteiger partial charge in [0, 0.05) is 11.8 Å². The number of amides is 1. The maximum absolute atomic E-state index is 13.1. The number of rotatable bonds is 6. The van der Waals surface area contributed by atoms with Crippen molar-refractivity contribution in [3.05, 3.63) is 41.0 Å². The first-order valence-electron chi connectivity index (χ1n) is 13.0. The minimum atomic E-state index is -0.603. The monoisotopic (exact) mass is 502 g/mol. The molecule has 2 aromatic rings. The molecule has 0 spiro atoms. The summed E-state index contributed by atoms with van der Waals surface area (Å²) in [6.45, 7) is 20.0. The average Bonchev–Trinajstić information content (AvgIpc) is 3.45. The van der Waals surface area contributed by atoms with Gasteiger partial charge in [0.25, 0.3) is 0 Å². The van der Waals surface area contributed by atoms with Crippen LogP contribution in [0, 0.1) is 30.1 Å². The molecule has 1 aliphatic carbocycles. The third-order valence-corrected chi connectivity index (χ3v) is 7.72. The summed E-state index contributed by atoms with van der Waals surface area (Å²) >= 11 is 1.61. The van der Waals surface area contributed by atoms with E-state index in [-0.39, 0.29) is 29.1 Å². The zero-order chi connectivity index (χ0) is 26.9. The Kier molecular flexibility index (Phi) is 12.3. The highest BCUT2D eigenvalue weighted by atomic mass is 32.1. The van der Waals surface area contributed by atoms with Gasteiger partial charge in [-0.15, -0.1) is 11.3 Å². The largest absolute Gasteiger partial charge is 0.393 e. The Hall–Kier alpha value is -2.05. The first-order chi connectivity index (χ1) is 16.5. The lowest BCUT2D eigenvalue weighted by Gasteiger charge is -2.30. The van der Waals surface area contributed by atoms with E-state index < -0.39 is 17.9 Å². The number of thiazole rings is 1. The van der Waals surface area contributed by atoms with Crippen molar-refractivity contribution in [2.45, 2.75) is 94.2 Å². The number of hydrogen-bond donors (Lipinski definition) is 2. The highest BCUT2D eigenvalue weighted by Crippen LogP contribution is 2.39. The molecular formula is C29H46N2O3S. The van der Waals surface area contributed by atoms with Crippen LogP contribution in [0.15, 0.2) is 29.8 Å². The fourth-order valence-electron chi connectivity index (χ4n) is 4.27. The minimum Gasteiger partial charge on any atom is -0.393 e. The van der Waals surface area contributed by atoms with Gasteiger partial charge < -0.3 is 10.4 Å². The summed E-state index contributed by atoms with van der Waals surface area (Å²) in [6.07, 6.45) is 0.110. The fraction of sp³-hybridized carbons (Fsp3) is 0.621. The molecule has 6 heteroatoms. The van der Waals surface area contributed by atoms with Gasteiger partial charge in [0.15, 0.2) is 0 Å². The zero-order valence-electron chi connectivity index (χ0n) is 23.3. The number of aromatic nitrogens is 1. The van der Waals surface area contributed by atoms with Gasteiger partial charge in [-0.25, -0.2) is 4.98 Å². The summed E-state index contributed by atoms with van der Waals surface area (Å²) in [7, 11) is 0. The van der Waals surface area contributed by atoms with Crippen LogP contribution in [0.1, 0.15) is 92.5 Å². The van der Waals surface area contributed by atoms with Crippen LogP contribution < -0.4 is 5.32 Å². The van der Waals surface area contributed by atoms with Crippen LogP contribution in [0.4, 0.5) is 0 Å². The number of carbonyl (C=O) groups excluding carboxylic acids is 2. The number of Topliss-reactive ketones (excluding diaryl/α,β-unsaturated/α-hetero) is 1. The van der Waals surface area contributed by atoms with Crippen molar-refractivity contribution in [1.29, 1.82) is 0 Å². The SMILES string of the molecule is CC.CC.Cc1ncsc1-c1ccc([C@H](C)NC(=O)[C@@H]2C[C@@H](O)CC2C(=O)[C@@H](C)C(C)(C)C)cc1. The Bertz CT molecular complexity index is 930. The molecule has 196 valence electrons. The number of aryl methyl sites for hydroxylation is 1. The van der Waals surface area contributed by atoms with Crippen LogP contribution in [-0.2, 0) is 9.59 Å². The highest BCUT2D eigenvalue weighted by Gasteiger charge is 2.45. The Morgan fingerprint density at radius 1 is 1.03 bits per heavy atom. The first kappa shape index (κ1) is 31.0. The molecule has 0 radical (unpaired) electrons. The average molecular weight is 503 g/mol. The number of hydrogen-bond acceptors (Lipinski definition) is 5. The van der Waals surface area contributed by atoms with E-state index in [0.29, 0.717) is 12.8 Å². The third-order valence-electron chi connectivity index (χ3n) is 6.74. The van der Waals surface area contributed by atoms with Crippen molar-refractivity contribution in [2.24, 2.45) is 23.2 Å². The highest BCUT2D eigenvalue weighted by molar-refractivity contribution is 7.13. The van der Waals surface area contributed by atoms with Crippen molar-refractivity contribution in [2.75, 3.05) is 0 Å². The van der Waals surface area contributed by atoms with Gasteiger partial charge >= 0.3 is 0 Å². The number of aliphatic hydroxyl groups is 1. The van der Waals surface area contributed by atoms with Crippen molar-refractivity contribution >= 4 is 23.0 Å². The zero-order valence-corrected chi connectivity index (χ0v) is 24.1. The molecule has 1 amide bonds. The molecule has 0 bridgehead atoms. The predicted octanol–water partition coefficient (Wildman–Crippen LogP) is 6.99. The topological polar surface area (TPSA) is 79.3 Å². The molecule has 1 heterocycles. The molecule has 5 nitrogen and oxygen atoms in total. The molecule has 0 saturated heterocycles. The predicted molar refractivity (Wildman–Crippen MR) is 147 cm³/mol. The van der Waals surface area contributed by atoms with E-state index in [1.807, 2.05) is 86.9 Å². The van der Waals surface area contributed by atoms with Crippen LogP contribution in [0.5, 0.6) is 0 Å². The summed E-state index contributed by atoms with van der Waals surface area (Å²) < 4.78 is 0. The normalized spacial score (nSPS) is 21.1. The van der Waals surface area contributed by atoms with E-state index in [9.17, 15) is 14.7 Å². The molecule has 1 aromatic carbocycles. The van der Waals surface area contributed by atoms with Crippen LogP contribution in [-0.4, -0.2) is 27.9 Å². The second-order valence-electron chi connectivity index (χ2n) is 9.95. The summed E-state index contributed by atoms with van der Waals surface area (Å²) in [5, 5.41) is 13.3. The van der Waals surface area contributed by atoms with Crippen molar-refractivity contribution in [1.82, 2.24) is 10.3 Å². The summed E-state index contributed by atoms with van der Waals surface area (Å²) in [6, 6.07) is 7.96. The maximum atomic E-state index is 13.1. The molecule has 35 heavy (non-hydrogen) atoms. The van der Waals surface area contributed by atoms with Gasteiger partial charge in [-0.05, 0) is 43.2 Å². The molecule has 0 aliphatic heterocycles. The van der Waals surface area contributed by atoms with E-state index in [0.717, 1.165) is 21.7 Å². The summed E-state index contributed by atoms with van der Waals surface area (Å²) in [4.78, 5) is 31.6. The molecule has 1 fully saturated rings. The molecule has 1 aliphatic rings. The fourth-order valence-corrected chi connectivity index (χ4v) is 5.08. The molecule has 3 rings (SSSR count). The van der Waals surface area contributed by atoms with Crippen LogP contribution in [0.2, 0.25) is 0 Å². The molecule has 5 atom stereocenters. The molecule has 1 saturated carbocycles. The van der Waals surface area contributed by atoms with Gasteiger partial charge in [0.05, 0.1) is 34.1 Å². The van der Waals surface area contributed by atoms with E-state index >= 15 is 0 Å². The number of nitrogens with zero attached hydrogens (tertiary/aromatic N) is 1. The number of benzene rings is 1. The quantitative estimate of drug-likeness (QED) is 0.446. The Balaban J connectivity index is 0.00000145. The van der Waals surface area contributed by atoms with E-state index in [1.54, 1.807) is 11.3 Å². The van der Waals surface area contributed by atoms with Crippen molar-refractivity contribution in [3.8, 4) is 10.4 Å². The first-order valence-corrected chi connectivity index (χ1v) is 13.9. The van der Waals surface area contributed by atoms with Crippen molar-refractivity contribution in [3.63, 3.8) is 0 Å². The van der Waals surface area contributed by atoms with Crippen LogP contribution >= 0.6 is 11.3 Å². The second-order valence-corrected chi connectivity index (χ2v) is 10.8. The van der Waals surface area contributed by atoms with Gasteiger partial charge in [-0.1, -0.05) is 79.7 Å². The molecular weight excluding hydrogens is 456 g/mol. The third kappa shape index (κ3) is 7.97. The smallest absolute Gasteiger partial charge is 0.224 e. The molecule has 1 aromatic heterocycles. The summed E-state index contributed by atoms with van der Waals surface area (Å²) in [5.41, 5.74) is 4.80. The summed E-state index contributed by atoms with van der Waals surface area (Å²) in [5.74, 6) is -1.13. The lowest BCUT2D eigenvalue weighted by Crippen LogP contribution is -2.39.